The summed E-state index contributed by atoms with van der Waals surface area (Å²) in [7, 11) is 1.65. The minimum atomic E-state index is -0.197. The summed E-state index contributed by atoms with van der Waals surface area (Å²) in [5.74, 6) is 0.823. The molecule has 1 aliphatic rings. The van der Waals surface area contributed by atoms with Crippen LogP contribution >= 0.6 is 11.3 Å². The van der Waals surface area contributed by atoms with E-state index in [9.17, 15) is 9.59 Å². The van der Waals surface area contributed by atoms with E-state index < -0.39 is 0 Å². The number of methoxy groups -OCH3 is 1. The molecule has 1 aromatic heterocycles. The lowest BCUT2D eigenvalue weighted by atomic mass is 9.96. The number of ether oxygens (including phenoxy) is 1. The molecule has 1 aliphatic carbocycles. The molecule has 0 aliphatic heterocycles. The molecule has 0 bridgehead atoms. The summed E-state index contributed by atoms with van der Waals surface area (Å²) in [5.41, 5.74) is 1.88. The van der Waals surface area contributed by atoms with Crippen LogP contribution in [0.1, 0.15) is 49.8 Å². The lowest BCUT2D eigenvalue weighted by molar-refractivity contribution is -0.121. The summed E-state index contributed by atoms with van der Waals surface area (Å²) in [5, 5.41) is 11.2. The topological polar surface area (TPSA) is 92.4 Å². The minimum Gasteiger partial charge on any atom is -0.496 e. The normalized spacial score (nSPS) is 14.2. The van der Waals surface area contributed by atoms with Gasteiger partial charge in [-0.1, -0.05) is 37.5 Å². The molecule has 30 heavy (non-hydrogen) atoms. The zero-order chi connectivity index (χ0) is 21.2. The second kappa shape index (κ2) is 11.5. The highest BCUT2D eigenvalue weighted by Gasteiger charge is 2.16. The van der Waals surface area contributed by atoms with Crippen molar-refractivity contribution in [3.05, 3.63) is 40.9 Å². The Balaban J connectivity index is 1.35. The predicted molar refractivity (Wildman–Crippen MR) is 119 cm³/mol. The van der Waals surface area contributed by atoms with Gasteiger partial charge in [0.25, 0.3) is 0 Å². The summed E-state index contributed by atoms with van der Waals surface area (Å²) < 4.78 is 5.33. The minimum absolute atomic E-state index is 0.0116. The van der Waals surface area contributed by atoms with Gasteiger partial charge in [0.1, 0.15) is 5.75 Å². The van der Waals surface area contributed by atoms with Crippen molar-refractivity contribution in [2.24, 2.45) is 0 Å². The molecule has 1 aromatic carbocycles. The number of rotatable bonds is 9. The number of para-hydroxylation sites is 1. The third-order valence-corrected chi connectivity index (χ3v) is 6.04. The van der Waals surface area contributed by atoms with Crippen LogP contribution in [0.25, 0.3) is 0 Å². The first-order valence-corrected chi connectivity index (χ1v) is 11.4. The Hall–Kier alpha value is -2.61. The number of hydrogen-bond donors (Lipinski definition) is 3. The number of amides is 3. The Morgan fingerprint density at radius 3 is 2.77 bits per heavy atom. The highest BCUT2D eigenvalue weighted by atomic mass is 32.1. The third-order valence-electron chi connectivity index (χ3n) is 5.23. The molecule has 1 heterocycles. The molecule has 3 amide bonds. The summed E-state index contributed by atoms with van der Waals surface area (Å²) in [4.78, 5) is 28.6. The third kappa shape index (κ3) is 7.02. The molecule has 1 saturated carbocycles. The van der Waals surface area contributed by atoms with Gasteiger partial charge in [0, 0.05) is 24.4 Å². The molecule has 0 atom stereocenters. The first-order valence-electron chi connectivity index (χ1n) is 10.5. The van der Waals surface area contributed by atoms with Gasteiger partial charge < -0.3 is 15.4 Å². The molecule has 8 heteroatoms. The predicted octanol–water partition coefficient (Wildman–Crippen LogP) is 3.90. The highest BCUT2D eigenvalue weighted by molar-refractivity contribution is 7.13. The van der Waals surface area contributed by atoms with Crippen molar-refractivity contribution in [3.8, 4) is 5.75 Å². The highest BCUT2D eigenvalue weighted by Crippen LogP contribution is 2.19. The maximum atomic E-state index is 12.1. The molecule has 2 aromatic rings. The van der Waals surface area contributed by atoms with Gasteiger partial charge in [-0.15, -0.1) is 11.3 Å². The van der Waals surface area contributed by atoms with Crippen molar-refractivity contribution in [2.45, 2.75) is 57.4 Å². The van der Waals surface area contributed by atoms with Crippen molar-refractivity contribution in [1.29, 1.82) is 0 Å². The summed E-state index contributed by atoms with van der Waals surface area (Å²) in [6, 6.07) is 7.87. The second-order valence-electron chi connectivity index (χ2n) is 7.49. The van der Waals surface area contributed by atoms with Gasteiger partial charge in [0.2, 0.25) is 5.91 Å². The van der Waals surface area contributed by atoms with Gasteiger partial charge >= 0.3 is 6.03 Å². The fraction of sp³-hybridized carbons (Fsp3) is 0.500. The number of benzene rings is 1. The van der Waals surface area contributed by atoms with Crippen LogP contribution in [0.3, 0.4) is 0 Å². The van der Waals surface area contributed by atoms with Gasteiger partial charge in [-0.3, -0.25) is 10.1 Å². The van der Waals surface area contributed by atoms with Crippen molar-refractivity contribution in [1.82, 2.24) is 15.6 Å². The number of carbonyl (C=O) groups is 2. The molecule has 7 nitrogen and oxygen atoms in total. The van der Waals surface area contributed by atoms with Gasteiger partial charge in [-0.2, -0.15) is 0 Å². The summed E-state index contributed by atoms with van der Waals surface area (Å²) in [6.45, 7) is 0.560. The van der Waals surface area contributed by atoms with Crippen LogP contribution in [0.4, 0.5) is 9.93 Å². The monoisotopic (exact) mass is 430 g/mol. The average molecular weight is 431 g/mol. The van der Waals surface area contributed by atoms with E-state index in [1.54, 1.807) is 7.11 Å². The van der Waals surface area contributed by atoms with Gasteiger partial charge in [-0.05, 0) is 37.3 Å². The molecule has 1 fully saturated rings. The fourth-order valence-electron chi connectivity index (χ4n) is 3.62. The number of aryl methyl sites for hydroxylation is 1. The number of hydrogen-bond acceptors (Lipinski definition) is 5. The van der Waals surface area contributed by atoms with Gasteiger partial charge in [-0.25, -0.2) is 9.78 Å². The zero-order valence-electron chi connectivity index (χ0n) is 17.4. The lowest BCUT2D eigenvalue weighted by Crippen LogP contribution is -2.39. The zero-order valence-corrected chi connectivity index (χ0v) is 18.2. The van der Waals surface area contributed by atoms with E-state index in [1.807, 2.05) is 29.6 Å². The number of thiazole rings is 1. The Morgan fingerprint density at radius 1 is 1.17 bits per heavy atom. The van der Waals surface area contributed by atoms with Gasteiger partial charge in [0.05, 0.1) is 12.8 Å². The second-order valence-corrected chi connectivity index (χ2v) is 8.35. The molecule has 0 saturated heterocycles. The summed E-state index contributed by atoms with van der Waals surface area (Å²) >= 11 is 1.38. The Morgan fingerprint density at radius 2 is 1.97 bits per heavy atom. The van der Waals surface area contributed by atoms with Crippen molar-refractivity contribution in [2.75, 3.05) is 19.0 Å². The molecule has 0 radical (unpaired) electrons. The van der Waals surface area contributed by atoms with E-state index in [2.05, 4.69) is 20.9 Å². The van der Waals surface area contributed by atoms with E-state index in [-0.39, 0.29) is 18.0 Å². The molecule has 162 valence electrons. The first-order chi connectivity index (χ1) is 14.6. The number of nitrogens with zero attached hydrogens (tertiary/aromatic N) is 1. The number of anilines is 1. The Labute approximate surface area is 181 Å². The van der Waals surface area contributed by atoms with E-state index in [0.717, 1.165) is 36.3 Å². The van der Waals surface area contributed by atoms with Crippen molar-refractivity contribution >= 4 is 28.4 Å². The van der Waals surface area contributed by atoms with Crippen LogP contribution in [-0.4, -0.2) is 36.6 Å². The molecule has 0 unspecified atom stereocenters. The smallest absolute Gasteiger partial charge is 0.321 e. The fourth-order valence-corrected chi connectivity index (χ4v) is 4.36. The Bertz CT molecular complexity index is 833. The molecule has 3 N–H and O–H groups in total. The number of urea groups is 1. The number of carbonyl (C=O) groups excluding carboxylic acids is 2. The molecular weight excluding hydrogens is 400 g/mol. The lowest BCUT2D eigenvalue weighted by Gasteiger charge is -2.22. The quantitative estimate of drug-likeness (QED) is 0.563. The maximum absolute atomic E-state index is 12.1. The van der Waals surface area contributed by atoms with E-state index in [1.165, 1.54) is 30.6 Å². The molecular formula is C22H30N4O3S. The SMILES string of the molecule is COc1ccccc1CCNC(=O)CCc1csc(NC(=O)NC2CCCCC2)n1. The van der Waals surface area contributed by atoms with Crippen LogP contribution in [0.15, 0.2) is 29.6 Å². The van der Waals surface area contributed by atoms with Crippen molar-refractivity contribution < 1.29 is 14.3 Å². The Kier molecular flexibility index (Phi) is 8.50. The van der Waals surface area contributed by atoms with E-state index in [4.69, 9.17) is 4.74 Å². The van der Waals surface area contributed by atoms with E-state index in [0.29, 0.717) is 24.5 Å². The van der Waals surface area contributed by atoms with Crippen LogP contribution < -0.4 is 20.7 Å². The van der Waals surface area contributed by atoms with Crippen LogP contribution in [0.5, 0.6) is 5.75 Å². The molecule has 3 rings (SSSR count). The van der Waals surface area contributed by atoms with Gasteiger partial charge in [0.15, 0.2) is 5.13 Å². The van der Waals surface area contributed by atoms with Crippen molar-refractivity contribution in [3.63, 3.8) is 0 Å². The van der Waals surface area contributed by atoms with E-state index >= 15 is 0 Å². The average Bonchev–Trinajstić information content (AvgIpc) is 3.20. The van der Waals surface area contributed by atoms with Crippen LogP contribution in [-0.2, 0) is 17.6 Å². The molecule has 0 spiro atoms. The van der Waals surface area contributed by atoms with Crippen LogP contribution in [0.2, 0.25) is 0 Å². The maximum Gasteiger partial charge on any atom is 0.321 e. The number of aromatic nitrogens is 1. The van der Waals surface area contributed by atoms with Crippen LogP contribution in [0, 0.1) is 0 Å². The summed E-state index contributed by atoms with van der Waals surface area (Å²) in [6.07, 6.45) is 7.32. The first kappa shape index (κ1) is 22.1. The standard InChI is InChI=1S/C22H30N4O3S/c1-29-19-10-6-5-7-16(19)13-14-23-20(27)12-11-18-15-30-22(25-18)26-21(28)24-17-8-3-2-4-9-17/h5-7,10,15,17H,2-4,8-9,11-14H2,1H3,(H,23,27)(H2,24,25,26,28). The number of nitrogens with one attached hydrogen (secondary N) is 3. The largest absolute Gasteiger partial charge is 0.496 e.